The van der Waals surface area contributed by atoms with Crippen LogP contribution in [-0.2, 0) is 52.9 Å². The second kappa shape index (κ2) is 25.5. The van der Waals surface area contributed by atoms with Crippen LogP contribution in [0.2, 0.25) is 20.1 Å². The van der Waals surface area contributed by atoms with Crippen LogP contribution in [0.1, 0.15) is 23.6 Å². The summed E-state index contributed by atoms with van der Waals surface area (Å²) in [4.78, 5) is 0. The molecular weight excluding hydrogens is 1150 g/mol. The number of benzene rings is 4. The molecule has 4 aromatic heterocycles. The van der Waals surface area contributed by atoms with Crippen molar-refractivity contribution in [3.05, 3.63) is 141 Å². The first-order chi connectivity index (χ1) is 34.9. The molecule has 4 heterocycles. The highest BCUT2D eigenvalue weighted by Gasteiger charge is 2.50. The van der Waals surface area contributed by atoms with Gasteiger partial charge in [0, 0.05) is 20.1 Å². The number of aromatic nitrogens is 4. The molecule has 0 saturated heterocycles. The molecule has 0 radical (unpaired) electrons. The van der Waals surface area contributed by atoms with Crippen LogP contribution in [-0.4, -0.2) is 7.32 Å². The zero-order valence-electron chi connectivity index (χ0n) is 39.2. The fourth-order valence-corrected chi connectivity index (χ4v) is 7.22. The number of anilines is 4. The quantitative estimate of drug-likeness (QED) is 0.102. The van der Waals surface area contributed by atoms with Crippen LogP contribution in [0.15, 0.2) is 115 Å². The monoisotopic (exact) mass is 1190 g/mol. The molecule has 4 aromatic carbocycles. The van der Waals surface area contributed by atoms with E-state index < -0.39 is 55.6 Å². The summed E-state index contributed by atoms with van der Waals surface area (Å²) in [5.74, 6) is -5.73. The maximum absolute atomic E-state index is 12.6. The van der Waals surface area contributed by atoms with E-state index in [1.165, 1.54) is 28.2 Å². The molecule has 0 aliphatic heterocycles. The third-order valence-electron chi connectivity index (χ3n) is 9.76. The molecule has 0 atom stereocenters. The molecule has 0 aliphatic carbocycles. The molecule has 0 bridgehead atoms. The van der Waals surface area contributed by atoms with Crippen LogP contribution in [0.5, 0.6) is 0 Å². The lowest BCUT2D eigenvalue weighted by Crippen LogP contribution is -3.00. The standard InChI is InChI=1S/4C11H9ClF3N2O.BO3.FH/c4*1-17-8(6-2-4-7(12)5-3-6)9(16)18-10(17)11(13,14)15;2-1(3)4;/h4*2-5H,16H2,1H3;;1H/q4*+1;-3;/p-1. The van der Waals surface area contributed by atoms with Crippen molar-refractivity contribution in [2.75, 3.05) is 22.9 Å². The van der Waals surface area contributed by atoms with Gasteiger partial charge in [0.15, 0.2) is 0 Å². The van der Waals surface area contributed by atoms with Gasteiger partial charge in [0.2, 0.25) is 0 Å². The molecule has 0 saturated carbocycles. The van der Waals surface area contributed by atoms with E-state index >= 15 is 0 Å². The summed E-state index contributed by atoms with van der Waals surface area (Å²) in [5, 5.41) is 27.2. The van der Waals surface area contributed by atoms with Gasteiger partial charge >= 0.3 is 48.3 Å². The molecule has 0 fully saturated rings. The minimum atomic E-state index is -4.59. The van der Waals surface area contributed by atoms with Gasteiger partial charge in [-0.05, 0) is 97.1 Å². The number of nitrogen functional groups attached to an aromatic ring is 4. The average Bonchev–Trinajstić information content (AvgIpc) is 4.00. The summed E-state index contributed by atoms with van der Waals surface area (Å²) in [6.07, 6.45) is -18.4. The van der Waals surface area contributed by atoms with Gasteiger partial charge in [0.1, 0.15) is 28.2 Å². The molecule has 0 aliphatic rings. The maximum atomic E-state index is 12.6. The van der Waals surface area contributed by atoms with Crippen molar-refractivity contribution < 1.29 is 108 Å². The number of halogens is 17. The first kappa shape index (κ1) is 64.4. The summed E-state index contributed by atoms with van der Waals surface area (Å²) >= 11 is 22.9. The van der Waals surface area contributed by atoms with E-state index in [1.54, 1.807) is 97.1 Å². The van der Waals surface area contributed by atoms with Gasteiger partial charge in [0.05, 0.1) is 22.3 Å². The molecule has 8 rings (SSSR count). The number of nitrogens with zero attached hydrogens (tertiary/aromatic N) is 4. The fraction of sp³-hybridized carbons (Fsp3) is 0.182. The molecule has 0 spiro atoms. The molecule has 15 nitrogen and oxygen atoms in total. The number of oxazole rings is 4. The Morgan fingerprint density at radius 3 is 0.584 bits per heavy atom. The third kappa shape index (κ3) is 16.6. The molecule has 33 heteroatoms. The Kier molecular flexibility index (Phi) is 21.3. The van der Waals surface area contributed by atoms with Gasteiger partial charge < -0.3 is 60.4 Å². The lowest BCUT2D eigenvalue weighted by molar-refractivity contribution is -0.685. The predicted molar refractivity (Wildman–Crippen MR) is 245 cm³/mol. The van der Waals surface area contributed by atoms with Crippen molar-refractivity contribution in [3.63, 3.8) is 0 Å². The van der Waals surface area contributed by atoms with Crippen molar-refractivity contribution in [3.8, 4) is 45.0 Å². The Bertz CT molecular complexity index is 2800. The van der Waals surface area contributed by atoms with Crippen molar-refractivity contribution in [2.45, 2.75) is 24.7 Å². The van der Waals surface area contributed by atoms with E-state index in [9.17, 15) is 52.7 Å². The molecule has 8 N–H and O–H groups in total. The Hall–Kier alpha value is -6.89. The number of rotatable bonds is 4. The maximum Gasteiger partial charge on any atom is 0.517 e. The van der Waals surface area contributed by atoms with Crippen LogP contribution in [0.25, 0.3) is 45.0 Å². The topological polar surface area (TPSA) is 241 Å². The highest BCUT2D eigenvalue weighted by Crippen LogP contribution is 2.37. The van der Waals surface area contributed by atoms with E-state index in [0.717, 1.165) is 18.3 Å². The number of nitrogens with two attached hydrogens (primary N) is 4. The van der Waals surface area contributed by atoms with Crippen LogP contribution >= 0.6 is 46.4 Å². The molecular formula is C44H36BCl4F13N8O7. The zero-order valence-corrected chi connectivity index (χ0v) is 42.2. The summed E-state index contributed by atoms with van der Waals surface area (Å²) in [5.41, 5.74) is 24.6. The normalized spacial score (nSPS) is 11.4. The van der Waals surface area contributed by atoms with Crippen LogP contribution < -0.4 is 61.0 Å². The number of alkyl halides is 12. The van der Waals surface area contributed by atoms with E-state index in [-0.39, 0.29) is 51.0 Å². The molecule has 0 unspecified atom stereocenters. The molecule has 0 amide bonds. The summed E-state index contributed by atoms with van der Waals surface area (Å²) in [6.45, 7) is 0. The summed E-state index contributed by atoms with van der Waals surface area (Å²) in [6, 6.07) is 25.1. The van der Waals surface area contributed by atoms with Gasteiger partial charge in [-0.15, -0.1) is 0 Å². The van der Waals surface area contributed by atoms with Crippen molar-refractivity contribution >= 4 is 77.3 Å². The summed E-state index contributed by atoms with van der Waals surface area (Å²) in [7, 11) is 2.05. The van der Waals surface area contributed by atoms with Crippen LogP contribution in [0.3, 0.4) is 0 Å². The SMILES string of the molecule is C[n+]1c(C(F)(F)F)oc(N)c1-c1ccc(Cl)cc1.C[n+]1c(C(F)(F)F)oc(N)c1-c1ccc(Cl)cc1.C[n+]1c(C(F)(F)F)oc(N)c1-c1ccc(Cl)cc1.C[n+]1c(C(F)(F)F)oc(N)c1-c1ccc(Cl)cc1.[F-].[O-]B([O-])[O-]. The van der Waals surface area contributed by atoms with Gasteiger partial charge in [-0.1, -0.05) is 46.4 Å². The Labute approximate surface area is 445 Å². The minimum absolute atomic E-state index is 0. The number of hydrogen-bond acceptors (Lipinski definition) is 11. The Balaban J connectivity index is 0.000000263. The lowest BCUT2D eigenvalue weighted by atomic mass is 10.1. The largest absolute Gasteiger partial charge is 1.00 e. The van der Waals surface area contributed by atoms with Gasteiger partial charge in [-0.25, -0.2) is 0 Å². The first-order valence-electron chi connectivity index (χ1n) is 20.4. The first-order valence-corrected chi connectivity index (χ1v) is 21.9. The van der Waals surface area contributed by atoms with Crippen molar-refractivity contribution in [1.29, 1.82) is 0 Å². The van der Waals surface area contributed by atoms with Gasteiger partial charge in [-0.3, -0.25) is 7.32 Å². The predicted octanol–water partition coefficient (Wildman–Crippen LogP) is 5.16. The highest BCUT2D eigenvalue weighted by molar-refractivity contribution is 6.31. The Morgan fingerprint density at radius 2 is 0.481 bits per heavy atom. The van der Waals surface area contributed by atoms with E-state index in [1.807, 2.05) is 0 Å². The van der Waals surface area contributed by atoms with E-state index in [2.05, 4.69) is 17.7 Å². The zero-order chi connectivity index (χ0) is 57.6. The third-order valence-corrected chi connectivity index (χ3v) is 10.8. The highest BCUT2D eigenvalue weighted by atomic mass is 35.5. The van der Waals surface area contributed by atoms with Crippen LogP contribution in [0.4, 0.5) is 76.2 Å². The van der Waals surface area contributed by atoms with Crippen molar-refractivity contribution in [1.82, 2.24) is 0 Å². The van der Waals surface area contributed by atoms with E-state index in [0.29, 0.717) is 42.3 Å². The van der Waals surface area contributed by atoms with Gasteiger partial charge in [-0.2, -0.15) is 71.0 Å². The van der Waals surface area contributed by atoms with Crippen LogP contribution in [0, 0.1) is 0 Å². The molecule has 416 valence electrons. The fourth-order valence-electron chi connectivity index (χ4n) is 6.72. The lowest BCUT2D eigenvalue weighted by Gasteiger charge is -2.35. The summed E-state index contributed by atoms with van der Waals surface area (Å²) < 4.78 is 173. The average molecular weight is 1190 g/mol. The van der Waals surface area contributed by atoms with Crippen molar-refractivity contribution in [2.24, 2.45) is 28.2 Å². The van der Waals surface area contributed by atoms with E-state index in [4.69, 9.17) is 84.4 Å². The Morgan fingerprint density at radius 1 is 0.351 bits per heavy atom. The minimum Gasteiger partial charge on any atom is -1.00 e. The smallest absolute Gasteiger partial charge is 0.517 e. The molecule has 8 aromatic rings. The molecule has 77 heavy (non-hydrogen) atoms. The van der Waals surface area contributed by atoms with Gasteiger partial charge in [0.25, 0.3) is 46.3 Å². The second-order valence-corrected chi connectivity index (χ2v) is 16.8. The second-order valence-electron chi connectivity index (χ2n) is 15.0. The number of hydrogen-bond donors (Lipinski definition) is 4.